The second kappa shape index (κ2) is 6.76. The van der Waals surface area contributed by atoms with E-state index < -0.39 is 0 Å². The molecule has 100 valence electrons. The van der Waals surface area contributed by atoms with E-state index in [1.54, 1.807) is 0 Å². The van der Waals surface area contributed by atoms with Gasteiger partial charge in [0.15, 0.2) is 0 Å². The molecule has 0 saturated carbocycles. The van der Waals surface area contributed by atoms with E-state index >= 15 is 0 Å². The molecule has 3 nitrogen and oxygen atoms in total. The fourth-order valence-corrected chi connectivity index (χ4v) is 2.44. The Balaban J connectivity index is 1.71. The van der Waals surface area contributed by atoms with Crippen molar-refractivity contribution < 1.29 is 4.74 Å². The lowest BCUT2D eigenvalue weighted by molar-refractivity contribution is 0.165. The highest BCUT2D eigenvalue weighted by Crippen LogP contribution is 2.13. The Labute approximate surface area is 110 Å². The van der Waals surface area contributed by atoms with Gasteiger partial charge in [-0.3, -0.25) is 4.90 Å². The third-order valence-electron chi connectivity index (χ3n) is 3.63. The van der Waals surface area contributed by atoms with Gasteiger partial charge >= 0.3 is 0 Å². The highest BCUT2D eigenvalue weighted by Gasteiger charge is 2.17. The molecule has 1 aromatic rings. The summed E-state index contributed by atoms with van der Waals surface area (Å²) in [5.74, 6) is 0.980. The summed E-state index contributed by atoms with van der Waals surface area (Å²) in [7, 11) is 2.20. The number of piperidine rings is 1. The van der Waals surface area contributed by atoms with Crippen molar-refractivity contribution in [3.8, 4) is 5.75 Å². The number of hydrogen-bond acceptors (Lipinski definition) is 3. The van der Waals surface area contributed by atoms with E-state index in [4.69, 9.17) is 4.74 Å². The maximum absolute atomic E-state index is 5.79. The minimum absolute atomic E-state index is 0.715. The van der Waals surface area contributed by atoms with Gasteiger partial charge in [-0.2, -0.15) is 0 Å². The molecule has 0 bridgehead atoms. The quantitative estimate of drug-likeness (QED) is 0.863. The van der Waals surface area contributed by atoms with Crippen LogP contribution in [0.25, 0.3) is 0 Å². The molecule has 0 aromatic heterocycles. The van der Waals surface area contributed by atoms with E-state index in [0.29, 0.717) is 6.04 Å². The predicted octanol–water partition coefficient (Wildman–Crippen LogP) is 2.06. The lowest BCUT2D eigenvalue weighted by Crippen LogP contribution is -2.42. The molecule has 1 aromatic carbocycles. The van der Waals surface area contributed by atoms with Crippen LogP contribution in [0.1, 0.15) is 18.4 Å². The third-order valence-corrected chi connectivity index (χ3v) is 3.63. The Bertz CT molecular complexity index is 361. The first-order chi connectivity index (χ1) is 8.75. The highest BCUT2D eigenvalue weighted by atomic mass is 16.5. The molecule has 2 rings (SSSR count). The van der Waals surface area contributed by atoms with E-state index in [0.717, 1.165) is 32.0 Å². The molecule has 0 spiro atoms. The summed E-state index contributed by atoms with van der Waals surface area (Å²) in [6.45, 7) is 6.15. The number of nitrogens with one attached hydrogen (secondary N) is 1. The molecule has 1 fully saturated rings. The van der Waals surface area contributed by atoms with Crippen LogP contribution in [0.4, 0.5) is 0 Å². The van der Waals surface area contributed by atoms with Crippen LogP contribution in [0.15, 0.2) is 24.3 Å². The van der Waals surface area contributed by atoms with Gasteiger partial charge in [-0.1, -0.05) is 12.1 Å². The van der Waals surface area contributed by atoms with Crippen LogP contribution in [0.2, 0.25) is 0 Å². The summed E-state index contributed by atoms with van der Waals surface area (Å²) in [5, 5.41) is 3.40. The smallest absolute Gasteiger partial charge is 0.119 e. The van der Waals surface area contributed by atoms with Gasteiger partial charge in [0.25, 0.3) is 0 Å². The summed E-state index contributed by atoms with van der Waals surface area (Å²) in [6.07, 6.45) is 2.50. The highest BCUT2D eigenvalue weighted by molar-refractivity contribution is 5.27. The van der Waals surface area contributed by atoms with Crippen molar-refractivity contribution in [1.29, 1.82) is 0 Å². The average molecular weight is 248 g/mol. The molecule has 1 N–H and O–H groups in total. The third kappa shape index (κ3) is 4.00. The Morgan fingerprint density at radius 2 is 2.11 bits per heavy atom. The van der Waals surface area contributed by atoms with Crippen molar-refractivity contribution in [3.63, 3.8) is 0 Å². The molecular weight excluding hydrogens is 224 g/mol. The molecular formula is C15H24N2O. The van der Waals surface area contributed by atoms with Crippen LogP contribution in [-0.2, 0) is 0 Å². The maximum atomic E-state index is 5.79. The fraction of sp³-hybridized carbons (Fsp3) is 0.600. The van der Waals surface area contributed by atoms with Gasteiger partial charge in [-0.05, 0) is 57.6 Å². The topological polar surface area (TPSA) is 24.5 Å². The number of benzene rings is 1. The van der Waals surface area contributed by atoms with Crippen LogP contribution >= 0.6 is 0 Å². The zero-order valence-corrected chi connectivity index (χ0v) is 11.5. The Morgan fingerprint density at radius 1 is 1.33 bits per heavy atom. The van der Waals surface area contributed by atoms with E-state index in [1.807, 2.05) is 12.1 Å². The second-order valence-electron chi connectivity index (χ2n) is 5.13. The Kier molecular flexibility index (Phi) is 5.02. The maximum Gasteiger partial charge on any atom is 0.119 e. The summed E-state index contributed by atoms with van der Waals surface area (Å²) >= 11 is 0. The van der Waals surface area contributed by atoms with Crippen molar-refractivity contribution in [3.05, 3.63) is 29.8 Å². The van der Waals surface area contributed by atoms with Gasteiger partial charge in [0.2, 0.25) is 0 Å². The Hall–Kier alpha value is -1.06. The number of aryl methyl sites for hydroxylation is 1. The monoisotopic (exact) mass is 248 g/mol. The van der Waals surface area contributed by atoms with Crippen molar-refractivity contribution in [1.82, 2.24) is 10.2 Å². The fourth-order valence-electron chi connectivity index (χ4n) is 2.44. The van der Waals surface area contributed by atoms with Crippen molar-refractivity contribution in [2.45, 2.75) is 25.8 Å². The number of likely N-dealkylation sites (N-methyl/N-ethyl adjacent to an activating group) is 1. The predicted molar refractivity (Wildman–Crippen MR) is 75.2 cm³/mol. The minimum Gasteiger partial charge on any atom is -0.492 e. The molecule has 1 heterocycles. The van der Waals surface area contributed by atoms with Crippen LogP contribution < -0.4 is 10.1 Å². The van der Waals surface area contributed by atoms with Crippen molar-refractivity contribution >= 4 is 0 Å². The van der Waals surface area contributed by atoms with Crippen molar-refractivity contribution in [2.24, 2.45) is 0 Å². The summed E-state index contributed by atoms with van der Waals surface area (Å²) in [4.78, 5) is 2.43. The number of rotatable bonds is 5. The second-order valence-corrected chi connectivity index (χ2v) is 5.13. The van der Waals surface area contributed by atoms with E-state index in [1.165, 1.54) is 18.4 Å². The average Bonchev–Trinajstić information content (AvgIpc) is 2.40. The molecule has 1 aliphatic rings. The molecule has 1 saturated heterocycles. The van der Waals surface area contributed by atoms with Crippen LogP contribution in [-0.4, -0.2) is 44.2 Å². The number of ether oxygens (including phenoxy) is 1. The van der Waals surface area contributed by atoms with Gasteiger partial charge in [-0.25, -0.2) is 0 Å². The zero-order chi connectivity index (χ0) is 12.8. The van der Waals surface area contributed by atoms with E-state index in [9.17, 15) is 0 Å². The van der Waals surface area contributed by atoms with Crippen molar-refractivity contribution in [2.75, 3.05) is 33.3 Å². The molecule has 1 aliphatic heterocycles. The standard InChI is InChI=1S/C15H24N2O/c1-13-4-3-5-15(12-13)18-11-10-17(2)14-6-8-16-9-7-14/h3-5,12,14,16H,6-11H2,1-2H3. The molecule has 0 unspecified atom stereocenters. The molecule has 0 radical (unpaired) electrons. The SMILES string of the molecule is Cc1cccc(OCCN(C)C2CCNCC2)c1. The molecule has 3 heteroatoms. The summed E-state index contributed by atoms with van der Waals surface area (Å²) < 4.78 is 5.79. The van der Waals surface area contributed by atoms with Crippen LogP contribution in [0.3, 0.4) is 0 Å². The van der Waals surface area contributed by atoms with Crippen LogP contribution in [0, 0.1) is 6.92 Å². The van der Waals surface area contributed by atoms with E-state index in [-0.39, 0.29) is 0 Å². The summed E-state index contributed by atoms with van der Waals surface area (Å²) in [6, 6.07) is 8.96. The normalized spacial score (nSPS) is 17.1. The van der Waals surface area contributed by atoms with Gasteiger partial charge < -0.3 is 10.1 Å². The van der Waals surface area contributed by atoms with Gasteiger partial charge in [0, 0.05) is 12.6 Å². The zero-order valence-electron chi connectivity index (χ0n) is 11.5. The largest absolute Gasteiger partial charge is 0.492 e. The lowest BCUT2D eigenvalue weighted by Gasteiger charge is -2.31. The molecule has 0 atom stereocenters. The first-order valence-electron chi connectivity index (χ1n) is 6.86. The van der Waals surface area contributed by atoms with Gasteiger partial charge in [0.05, 0.1) is 0 Å². The summed E-state index contributed by atoms with van der Waals surface area (Å²) in [5.41, 5.74) is 1.25. The first-order valence-corrected chi connectivity index (χ1v) is 6.86. The number of nitrogens with zero attached hydrogens (tertiary/aromatic N) is 1. The van der Waals surface area contributed by atoms with Crippen LogP contribution in [0.5, 0.6) is 5.75 Å². The minimum atomic E-state index is 0.715. The van der Waals surface area contributed by atoms with Gasteiger partial charge in [-0.15, -0.1) is 0 Å². The van der Waals surface area contributed by atoms with E-state index in [2.05, 4.69) is 36.3 Å². The lowest BCUT2D eigenvalue weighted by atomic mass is 10.1. The first kappa shape index (κ1) is 13.4. The van der Waals surface area contributed by atoms with Gasteiger partial charge in [0.1, 0.15) is 12.4 Å². The molecule has 0 aliphatic carbocycles. The molecule has 18 heavy (non-hydrogen) atoms. The molecule has 0 amide bonds. The Morgan fingerprint density at radius 3 is 2.83 bits per heavy atom. The number of hydrogen-bond donors (Lipinski definition) is 1.